The minimum Gasteiger partial charge on any atom is -0.264 e. The van der Waals surface area contributed by atoms with Crippen molar-refractivity contribution in [2.45, 2.75) is 6.54 Å². The number of fused-ring (bicyclic) bond motifs is 7. The van der Waals surface area contributed by atoms with Gasteiger partial charge in [-0.15, -0.1) is 0 Å². The van der Waals surface area contributed by atoms with Crippen LogP contribution in [0.15, 0.2) is 73.1 Å². The lowest BCUT2D eigenvalue weighted by molar-refractivity contribution is -0.648. The van der Waals surface area contributed by atoms with E-state index in [4.69, 9.17) is 0 Å². The van der Waals surface area contributed by atoms with Crippen molar-refractivity contribution in [3.63, 3.8) is 0 Å². The highest BCUT2D eigenvalue weighted by molar-refractivity contribution is 6.05. The van der Waals surface area contributed by atoms with Crippen LogP contribution in [0, 0.1) is 0 Å². The highest BCUT2D eigenvalue weighted by atomic mass is 15.3. The Hall–Kier alpha value is -3.40. The van der Waals surface area contributed by atoms with Gasteiger partial charge >= 0.3 is 0 Å². The molecule has 1 aliphatic heterocycles. The fourth-order valence-electron chi connectivity index (χ4n) is 4.40. The number of benzene rings is 2. The van der Waals surface area contributed by atoms with Gasteiger partial charge in [0.05, 0.1) is 24.5 Å². The van der Waals surface area contributed by atoms with Crippen LogP contribution in [0.3, 0.4) is 0 Å². The maximum absolute atomic E-state index is 4.40. The third kappa shape index (κ3) is 1.59. The maximum Gasteiger partial charge on any atom is 0.270 e. The zero-order valence-corrected chi connectivity index (χ0v) is 14.4. The quantitative estimate of drug-likeness (QED) is 0.419. The summed E-state index contributed by atoms with van der Waals surface area (Å²) in [4.78, 5) is 4.40. The van der Waals surface area contributed by atoms with Gasteiger partial charge in [-0.05, 0) is 24.3 Å². The van der Waals surface area contributed by atoms with Crippen LogP contribution in [-0.4, -0.2) is 14.1 Å². The lowest BCUT2D eigenvalue weighted by atomic mass is 10.1. The summed E-state index contributed by atoms with van der Waals surface area (Å²) in [5.74, 6) is 1.25. The van der Waals surface area contributed by atoms with Gasteiger partial charge in [0.1, 0.15) is 11.2 Å². The Morgan fingerprint density at radius 2 is 1.77 bits per heavy atom. The van der Waals surface area contributed by atoms with E-state index in [-0.39, 0.29) is 0 Å². The van der Waals surface area contributed by atoms with Gasteiger partial charge in [0.2, 0.25) is 5.82 Å². The summed E-state index contributed by atoms with van der Waals surface area (Å²) < 4.78 is 7.12. The lowest BCUT2D eigenvalue weighted by Gasteiger charge is -2.04. The Morgan fingerprint density at radius 1 is 0.962 bits per heavy atom. The summed E-state index contributed by atoms with van der Waals surface area (Å²) in [6.45, 7) is 0.902. The first-order chi connectivity index (χ1) is 12.8. The van der Waals surface area contributed by atoms with Crippen LogP contribution in [-0.2, 0) is 13.6 Å². The summed E-state index contributed by atoms with van der Waals surface area (Å²) in [6.07, 6.45) is 3.85. The maximum atomic E-state index is 4.40. The second-order valence-corrected chi connectivity index (χ2v) is 6.86. The van der Waals surface area contributed by atoms with Gasteiger partial charge in [0, 0.05) is 18.0 Å². The van der Waals surface area contributed by atoms with Gasteiger partial charge < -0.3 is 0 Å². The highest BCUT2D eigenvalue weighted by Gasteiger charge is 2.36. The van der Waals surface area contributed by atoms with Crippen LogP contribution in [0.5, 0.6) is 0 Å². The summed E-state index contributed by atoms with van der Waals surface area (Å²) in [6, 6.07) is 21.4. The number of rotatable bonds is 1. The van der Waals surface area contributed by atoms with E-state index in [2.05, 4.69) is 86.4 Å². The van der Waals surface area contributed by atoms with Crippen LogP contribution in [0.2, 0.25) is 0 Å². The van der Waals surface area contributed by atoms with Crippen molar-refractivity contribution in [2.75, 3.05) is 0 Å². The van der Waals surface area contributed by atoms with Gasteiger partial charge in [-0.1, -0.05) is 36.4 Å². The van der Waals surface area contributed by atoms with Crippen LogP contribution < -0.4 is 4.57 Å². The Balaban J connectivity index is 1.87. The first-order valence-electron chi connectivity index (χ1n) is 8.85. The van der Waals surface area contributed by atoms with E-state index in [1.165, 1.54) is 44.7 Å². The summed E-state index contributed by atoms with van der Waals surface area (Å²) in [5, 5.41) is 1.19. The molecule has 0 fully saturated rings. The lowest BCUT2D eigenvalue weighted by Crippen LogP contribution is -2.33. The predicted octanol–water partition coefficient (Wildman–Crippen LogP) is 3.83. The van der Waals surface area contributed by atoms with Gasteiger partial charge in [0.25, 0.3) is 5.65 Å². The smallest absolute Gasteiger partial charge is 0.264 e. The molecule has 0 unspecified atom stereocenters. The van der Waals surface area contributed by atoms with Gasteiger partial charge in [0.15, 0.2) is 5.52 Å². The van der Waals surface area contributed by atoms with E-state index in [9.17, 15) is 0 Å². The monoisotopic (exact) mass is 337 g/mol. The molecule has 4 heteroatoms. The van der Waals surface area contributed by atoms with Crippen molar-refractivity contribution in [1.29, 1.82) is 0 Å². The fraction of sp³-hybridized carbons (Fsp3) is 0.0909. The van der Waals surface area contributed by atoms with Crippen molar-refractivity contribution in [1.82, 2.24) is 14.1 Å². The molecular weight excluding hydrogens is 320 g/mol. The fourth-order valence-corrected chi connectivity index (χ4v) is 4.40. The van der Waals surface area contributed by atoms with Crippen molar-refractivity contribution in [3.8, 4) is 17.1 Å². The molecule has 4 heterocycles. The zero-order valence-electron chi connectivity index (χ0n) is 14.4. The topological polar surface area (TPSA) is 26.6 Å². The average molecular weight is 337 g/mol. The summed E-state index contributed by atoms with van der Waals surface area (Å²) >= 11 is 0. The molecule has 4 nitrogen and oxygen atoms in total. The van der Waals surface area contributed by atoms with Crippen molar-refractivity contribution < 1.29 is 4.57 Å². The number of hydrogen-bond donors (Lipinski definition) is 0. The second kappa shape index (κ2) is 4.82. The Kier molecular flexibility index (Phi) is 2.57. The Labute approximate surface area is 150 Å². The summed E-state index contributed by atoms with van der Waals surface area (Å²) in [7, 11) is 2.15. The molecule has 0 N–H and O–H groups in total. The van der Waals surface area contributed by atoms with Crippen LogP contribution >= 0.6 is 0 Å². The average Bonchev–Trinajstić information content (AvgIpc) is 3.31. The first kappa shape index (κ1) is 13.8. The van der Waals surface area contributed by atoms with Gasteiger partial charge in [-0.25, -0.2) is 9.13 Å². The second-order valence-electron chi connectivity index (χ2n) is 6.86. The van der Waals surface area contributed by atoms with E-state index in [0.717, 1.165) is 6.54 Å². The van der Waals surface area contributed by atoms with Crippen LogP contribution in [0.4, 0.5) is 0 Å². The molecular formula is C22H17N4+. The molecule has 0 saturated carbocycles. The third-order valence-corrected chi connectivity index (χ3v) is 5.49. The molecule has 0 amide bonds. The Bertz CT molecular complexity index is 1310. The molecule has 0 radical (unpaired) electrons. The number of aromatic nitrogens is 4. The van der Waals surface area contributed by atoms with E-state index in [1.54, 1.807) is 0 Å². The van der Waals surface area contributed by atoms with Crippen molar-refractivity contribution in [2.24, 2.45) is 7.05 Å². The molecule has 0 aliphatic carbocycles. The van der Waals surface area contributed by atoms with E-state index in [0.29, 0.717) is 0 Å². The SMILES string of the molecule is Cn1c2ccncc2c2c1[n+]1c(n2-c2ccccc2)-c2ccccc2C1. The molecule has 0 bridgehead atoms. The van der Waals surface area contributed by atoms with Crippen molar-refractivity contribution >= 4 is 22.1 Å². The number of aryl methyl sites for hydroxylation is 1. The number of imidazole rings is 1. The van der Waals surface area contributed by atoms with Crippen LogP contribution in [0.1, 0.15) is 5.56 Å². The zero-order chi connectivity index (χ0) is 17.3. The minimum atomic E-state index is 0.902. The molecule has 26 heavy (non-hydrogen) atoms. The first-order valence-corrected chi connectivity index (χ1v) is 8.85. The highest BCUT2D eigenvalue weighted by Crippen LogP contribution is 2.37. The standard InChI is InChI=1S/C22H17N4/c1-24-19-11-12-23-13-18(19)20-22(24)25-14-15-7-5-6-10-17(15)21(25)26(20)16-8-3-2-4-9-16/h2-13H,14H2,1H3/q+1. The third-order valence-electron chi connectivity index (χ3n) is 5.49. The minimum absolute atomic E-state index is 0.902. The molecule has 0 atom stereocenters. The Morgan fingerprint density at radius 3 is 2.65 bits per heavy atom. The molecule has 124 valence electrons. The number of pyridine rings is 1. The molecule has 2 aromatic carbocycles. The van der Waals surface area contributed by atoms with Crippen molar-refractivity contribution in [3.05, 3.63) is 78.6 Å². The molecule has 6 rings (SSSR count). The van der Waals surface area contributed by atoms with E-state index < -0.39 is 0 Å². The molecule has 0 spiro atoms. The van der Waals surface area contributed by atoms with E-state index in [1.807, 2.05) is 12.4 Å². The molecule has 5 aromatic rings. The predicted molar refractivity (Wildman–Crippen MR) is 102 cm³/mol. The number of hydrogen-bond acceptors (Lipinski definition) is 1. The van der Waals surface area contributed by atoms with Gasteiger partial charge in [-0.3, -0.25) is 9.55 Å². The normalized spacial score (nSPS) is 12.7. The summed E-state index contributed by atoms with van der Waals surface area (Å²) in [5.41, 5.74) is 7.54. The van der Waals surface area contributed by atoms with E-state index >= 15 is 0 Å². The van der Waals surface area contributed by atoms with Crippen LogP contribution in [0.25, 0.3) is 39.1 Å². The number of para-hydroxylation sites is 1. The number of nitrogens with zero attached hydrogens (tertiary/aromatic N) is 4. The van der Waals surface area contributed by atoms with Gasteiger partial charge in [-0.2, -0.15) is 0 Å². The molecule has 0 saturated heterocycles. The molecule has 3 aromatic heterocycles. The molecule has 1 aliphatic rings. The largest absolute Gasteiger partial charge is 0.270 e.